The van der Waals surface area contributed by atoms with Crippen LogP contribution in [0, 0.1) is 0 Å². The maximum Gasteiger partial charge on any atom is 0.238 e. The minimum absolute atomic E-state index is 0. The summed E-state index contributed by atoms with van der Waals surface area (Å²) < 4.78 is 6.86. The highest BCUT2D eigenvalue weighted by Crippen LogP contribution is 2.31. The zero-order valence-electron chi connectivity index (χ0n) is 13.1. The number of benzene rings is 1. The number of imidazole rings is 1. The molecule has 1 aromatic heterocycles. The molecule has 0 aliphatic carbocycles. The molecule has 2 N–H and O–H groups in total. The Balaban J connectivity index is 0.00000264. The third-order valence-electron chi connectivity index (χ3n) is 2.91. The summed E-state index contributed by atoms with van der Waals surface area (Å²) in [6, 6.07) is 7.69. The summed E-state index contributed by atoms with van der Waals surface area (Å²) in [7, 11) is 3.57. The van der Waals surface area contributed by atoms with Crippen LogP contribution < -0.4 is 10.6 Å². The van der Waals surface area contributed by atoms with E-state index in [1.807, 2.05) is 42.1 Å². The van der Waals surface area contributed by atoms with E-state index in [-0.39, 0.29) is 24.9 Å². The molecule has 1 amide bonds. The summed E-state index contributed by atoms with van der Waals surface area (Å²) in [5.74, 6) is -0.0796. The van der Waals surface area contributed by atoms with Crippen molar-refractivity contribution < 1.29 is 9.53 Å². The van der Waals surface area contributed by atoms with Crippen LogP contribution in [0.1, 0.15) is 0 Å². The van der Waals surface area contributed by atoms with Crippen molar-refractivity contribution in [1.29, 1.82) is 0 Å². The molecule has 2 aromatic rings. The molecule has 0 radical (unpaired) electrons. The summed E-state index contributed by atoms with van der Waals surface area (Å²) in [4.78, 5) is 17.2. The Morgan fingerprint density at radius 3 is 2.87 bits per heavy atom. The maximum absolute atomic E-state index is 12.0. The zero-order valence-corrected chi connectivity index (χ0v) is 14.7. The predicted octanol–water partition coefficient (Wildman–Crippen LogP) is 2.17. The van der Waals surface area contributed by atoms with Crippen molar-refractivity contribution in [3.63, 3.8) is 0 Å². The van der Waals surface area contributed by atoms with E-state index in [2.05, 4.69) is 15.6 Å². The van der Waals surface area contributed by atoms with Crippen molar-refractivity contribution in [2.45, 2.75) is 10.1 Å². The van der Waals surface area contributed by atoms with Crippen LogP contribution >= 0.6 is 24.2 Å². The fourth-order valence-corrected chi connectivity index (χ4v) is 2.67. The molecule has 0 aliphatic heterocycles. The molecule has 2 rings (SSSR count). The second-order valence-electron chi connectivity index (χ2n) is 4.64. The fraction of sp³-hybridized carbons (Fsp3) is 0.333. The maximum atomic E-state index is 12.0. The van der Waals surface area contributed by atoms with E-state index in [0.717, 1.165) is 15.7 Å². The minimum Gasteiger partial charge on any atom is -0.383 e. The summed E-state index contributed by atoms with van der Waals surface area (Å²) in [6.45, 7) is 1.48. The van der Waals surface area contributed by atoms with Gasteiger partial charge in [0.1, 0.15) is 0 Å². The van der Waals surface area contributed by atoms with Gasteiger partial charge < -0.3 is 19.9 Å². The van der Waals surface area contributed by atoms with Gasteiger partial charge in [0.05, 0.1) is 18.8 Å². The third-order valence-corrected chi connectivity index (χ3v) is 4.06. The smallest absolute Gasteiger partial charge is 0.238 e. The average molecular weight is 357 g/mol. The Bertz CT molecular complexity index is 621. The minimum atomic E-state index is -0.0796. The van der Waals surface area contributed by atoms with Gasteiger partial charge in [-0.25, -0.2) is 4.98 Å². The van der Waals surface area contributed by atoms with Gasteiger partial charge in [0.15, 0.2) is 5.16 Å². The predicted molar refractivity (Wildman–Crippen MR) is 94.4 cm³/mol. The highest BCUT2D eigenvalue weighted by molar-refractivity contribution is 7.99. The number of nitrogens with zero attached hydrogens (tertiary/aromatic N) is 2. The molecule has 0 fully saturated rings. The van der Waals surface area contributed by atoms with E-state index >= 15 is 0 Å². The Labute approximate surface area is 146 Å². The number of aryl methyl sites for hydroxylation is 1. The number of carbonyl (C=O) groups is 1. The van der Waals surface area contributed by atoms with Crippen LogP contribution in [0.4, 0.5) is 5.69 Å². The van der Waals surface area contributed by atoms with E-state index < -0.39 is 0 Å². The number of halogens is 1. The summed E-state index contributed by atoms with van der Waals surface area (Å²) in [5.41, 5.74) is 0.786. The number of hydrogen-bond acceptors (Lipinski definition) is 5. The van der Waals surface area contributed by atoms with Crippen molar-refractivity contribution in [1.82, 2.24) is 14.9 Å². The van der Waals surface area contributed by atoms with Crippen LogP contribution in [0.3, 0.4) is 0 Å². The van der Waals surface area contributed by atoms with Crippen LogP contribution in [-0.4, -0.2) is 42.3 Å². The van der Waals surface area contributed by atoms with E-state index in [1.54, 1.807) is 13.3 Å². The molecule has 6 nitrogen and oxygen atoms in total. The molecule has 8 heteroatoms. The molecule has 126 valence electrons. The number of methoxy groups -OCH3 is 1. The highest BCUT2D eigenvalue weighted by Gasteiger charge is 2.09. The third kappa shape index (κ3) is 6.23. The van der Waals surface area contributed by atoms with Gasteiger partial charge in [-0.05, 0) is 23.9 Å². The van der Waals surface area contributed by atoms with Gasteiger partial charge in [-0.2, -0.15) is 0 Å². The quantitative estimate of drug-likeness (QED) is 0.709. The molecule has 0 saturated carbocycles. The van der Waals surface area contributed by atoms with Crippen molar-refractivity contribution in [2.24, 2.45) is 7.05 Å². The molecule has 0 bridgehead atoms. The van der Waals surface area contributed by atoms with Crippen LogP contribution in [0.2, 0.25) is 0 Å². The second kappa shape index (κ2) is 10.3. The first kappa shape index (κ1) is 19.5. The first-order valence-corrected chi connectivity index (χ1v) is 7.76. The molecule has 1 heterocycles. The van der Waals surface area contributed by atoms with Crippen molar-refractivity contribution in [2.75, 3.05) is 32.1 Å². The van der Waals surface area contributed by atoms with Gasteiger partial charge in [-0.3, -0.25) is 4.79 Å². The van der Waals surface area contributed by atoms with E-state index in [9.17, 15) is 4.79 Å². The van der Waals surface area contributed by atoms with Crippen LogP contribution in [0.15, 0.2) is 46.7 Å². The Hall–Kier alpha value is -1.54. The Morgan fingerprint density at radius 1 is 1.39 bits per heavy atom. The van der Waals surface area contributed by atoms with Gasteiger partial charge in [0, 0.05) is 38.0 Å². The number of nitrogens with one attached hydrogen (secondary N) is 2. The number of aromatic nitrogens is 2. The number of para-hydroxylation sites is 1. The molecule has 0 atom stereocenters. The lowest BCUT2D eigenvalue weighted by Gasteiger charge is -2.11. The first-order valence-electron chi connectivity index (χ1n) is 6.94. The SMILES string of the molecule is COCCNCC(=O)Nc1ccccc1Sc1nccn1C.Cl. The summed E-state index contributed by atoms with van der Waals surface area (Å²) in [5, 5.41) is 6.81. The number of anilines is 1. The lowest BCUT2D eigenvalue weighted by Crippen LogP contribution is -2.30. The second-order valence-corrected chi connectivity index (χ2v) is 5.65. The lowest BCUT2D eigenvalue weighted by molar-refractivity contribution is -0.115. The van der Waals surface area contributed by atoms with Gasteiger partial charge in [0.2, 0.25) is 5.91 Å². The first-order chi connectivity index (χ1) is 10.7. The largest absolute Gasteiger partial charge is 0.383 e. The number of ether oxygens (including phenoxy) is 1. The van der Waals surface area contributed by atoms with E-state index in [1.165, 1.54) is 11.8 Å². The number of carbonyl (C=O) groups excluding carboxylic acids is 1. The number of hydrogen-bond donors (Lipinski definition) is 2. The molecule has 23 heavy (non-hydrogen) atoms. The van der Waals surface area contributed by atoms with Crippen LogP contribution in [0.25, 0.3) is 0 Å². The lowest BCUT2D eigenvalue weighted by atomic mass is 10.3. The van der Waals surface area contributed by atoms with Gasteiger partial charge in [-0.1, -0.05) is 12.1 Å². The average Bonchev–Trinajstić information content (AvgIpc) is 2.91. The summed E-state index contributed by atoms with van der Waals surface area (Å²) >= 11 is 1.52. The van der Waals surface area contributed by atoms with Crippen LogP contribution in [0.5, 0.6) is 0 Å². The molecule has 1 aromatic carbocycles. The van der Waals surface area contributed by atoms with Crippen molar-refractivity contribution >= 4 is 35.8 Å². The number of amides is 1. The van der Waals surface area contributed by atoms with Crippen LogP contribution in [-0.2, 0) is 16.6 Å². The normalized spacial score (nSPS) is 10.2. The molecule has 0 unspecified atom stereocenters. The fourth-order valence-electron chi connectivity index (χ4n) is 1.78. The van der Waals surface area contributed by atoms with E-state index in [4.69, 9.17) is 4.74 Å². The Kier molecular flexibility index (Phi) is 8.71. The van der Waals surface area contributed by atoms with Gasteiger partial charge in [0.25, 0.3) is 0 Å². The standard InChI is InChI=1S/C15H20N4O2S.ClH/c1-19-9-7-17-15(19)22-13-6-4-3-5-12(13)18-14(20)11-16-8-10-21-2;/h3-7,9,16H,8,10-11H2,1-2H3,(H,18,20);1H. The summed E-state index contributed by atoms with van der Waals surface area (Å²) in [6.07, 6.45) is 3.65. The van der Waals surface area contributed by atoms with Crippen molar-refractivity contribution in [3.8, 4) is 0 Å². The van der Waals surface area contributed by atoms with Gasteiger partial charge in [-0.15, -0.1) is 12.4 Å². The topological polar surface area (TPSA) is 68.2 Å². The highest BCUT2D eigenvalue weighted by atomic mass is 35.5. The van der Waals surface area contributed by atoms with E-state index in [0.29, 0.717) is 13.2 Å². The monoisotopic (exact) mass is 356 g/mol. The molecule has 0 spiro atoms. The molecule has 0 saturated heterocycles. The van der Waals surface area contributed by atoms with Crippen molar-refractivity contribution in [3.05, 3.63) is 36.7 Å². The Morgan fingerprint density at radius 2 is 2.17 bits per heavy atom. The zero-order chi connectivity index (χ0) is 15.8. The molecule has 0 aliphatic rings. The molecular weight excluding hydrogens is 336 g/mol. The van der Waals surface area contributed by atoms with Gasteiger partial charge >= 0.3 is 0 Å². The molecular formula is C15H21ClN4O2S. The number of rotatable bonds is 8.